The van der Waals surface area contributed by atoms with Crippen LogP contribution < -0.4 is 5.32 Å². The summed E-state index contributed by atoms with van der Waals surface area (Å²) in [6.07, 6.45) is 4.79. The first-order chi connectivity index (χ1) is 7.63. The van der Waals surface area contributed by atoms with Crippen molar-refractivity contribution < 1.29 is 5.11 Å². The predicted molar refractivity (Wildman–Crippen MR) is 68.6 cm³/mol. The van der Waals surface area contributed by atoms with Crippen LogP contribution >= 0.6 is 0 Å². The third kappa shape index (κ3) is 4.04. The molecule has 2 N–H and O–H groups in total. The highest BCUT2D eigenvalue weighted by atomic mass is 16.3. The van der Waals surface area contributed by atoms with E-state index in [0.29, 0.717) is 11.5 Å². The van der Waals surface area contributed by atoms with Crippen LogP contribution in [0.15, 0.2) is 0 Å². The Bertz CT molecular complexity index is 188. The van der Waals surface area contributed by atoms with Crippen molar-refractivity contribution in [3.8, 4) is 0 Å². The summed E-state index contributed by atoms with van der Waals surface area (Å²) in [5.41, 5.74) is 0.572. The molecule has 0 aromatic carbocycles. The van der Waals surface area contributed by atoms with Crippen molar-refractivity contribution >= 4 is 0 Å². The largest absolute Gasteiger partial charge is 0.396 e. The van der Waals surface area contributed by atoms with Crippen molar-refractivity contribution in [3.05, 3.63) is 0 Å². The summed E-state index contributed by atoms with van der Waals surface area (Å²) < 4.78 is 0. The highest BCUT2D eigenvalue weighted by Gasteiger charge is 2.28. The molecule has 1 saturated heterocycles. The van der Waals surface area contributed by atoms with Gasteiger partial charge in [-0.1, -0.05) is 20.3 Å². The lowest BCUT2D eigenvalue weighted by Gasteiger charge is -2.40. The van der Waals surface area contributed by atoms with E-state index in [2.05, 4.69) is 24.1 Å². The summed E-state index contributed by atoms with van der Waals surface area (Å²) >= 11 is 0. The summed E-state index contributed by atoms with van der Waals surface area (Å²) in [7, 11) is 1.99. The van der Waals surface area contributed by atoms with Gasteiger partial charge in [-0.3, -0.25) is 0 Å². The molecule has 0 saturated carbocycles. The molecule has 0 aliphatic carbocycles. The Balaban J connectivity index is 2.30. The fraction of sp³-hybridized carbons (Fsp3) is 1.00. The third-order valence-corrected chi connectivity index (χ3v) is 4.28. The van der Waals surface area contributed by atoms with E-state index in [1.807, 2.05) is 7.05 Å². The van der Waals surface area contributed by atoms with Gasteiger partial charge in [0.1, 0.15) is 0 Å². The molecule has 3 heteroatoms. The number of aliphatic hydroxyl groups excluding tert-OH is 1. The zero-order chi connectivity index (χ0) is 12.0. The minimum Gasteiger partial charge on any atom is -0.396 e. The van der Waals surface area contributed by atoms with Crippen LogP contribution in [0.5, 0.6) is 0 Å². The minimum absolute atomic E-state index is 0.284. The van der Waals surface area contributed by atoms with E-state index in [0.717, 1.165) is 13.0 Å². The summed E-state index contributed by atoms with van der Waals surface area (Å²) in [6, 6.07) is 0.441. The average molecular weight is 228 g/mol. The van der Waals surface area contributed by atoms with Gasteiger partial charge in [0.25, 0.3) is 0 Å². The second-order valence-electron chi connectivity index (χ2n) is 5.46. The molecule has 1 rings (SSSR count). The summed E-state index contributed by atoms with van der Waals surface area (Å²) in [4.78, 5) is 2.54. The quantitative estimate of drug-likeness (QED) is 0.722. The highest BCUT2D eigenvalue weighted by Crippen LogP contribution is 2.33. The van der Waals surface area contributed by atoms with Crippen LogP contribution in [-0.2, 0) is 0 Å². The van der Waals surface area contributed by atoms with Gasteiger partial charge in [-0.05, 0) is 44.8 Å². The number of nitrogens with zero attached hydrogens (tertiary/aromatic N) is 1. The van der Waals surface area contributed by atoms with E-state index >= 15 is 0 Å². The summed E-state index contributed by atoms with van der Waals surface area (Å²) in [5, 5.41) is 12.2. The first kappa shape index (κ1) is 13.9. The van der Waals surface area contributed by atoms with Gasteiger partial charge in [0.15, 0.2) is 0 Å². The monoisotopic (exact) mass is 228 g/mol. The van der Waals surface area contributed by atoms with Crippen LogP contribution in [0.3, 0.4) is 0 Å². The highest BCUT2D eigenvalue weighted by molar-refractivity contribution is 4.83. The standard InChI is InChI=1S/C13H28N2O/c1-4-13(2)6-8-15(9-7-13)11-12(14-3)5-10-16/h12,14,16H,4-11H2,1-3H3. The van der Waals surface area contributed by atoms with Crippen LogP contribution in [-0.4, -0.2) is 49.3 Å². The van der Waals surface area contributed by atoms with E-state index in [-0.39, 0.29) is 6.61 Å². The van der Waals surface area contributed by atoms with Gasteiger partial charge in [0.05, 0.1) is 0 Å². The number of likely N-dealkylation sites (tertiary alicyclic amines) is 1. The molecule has 1 heterocycles. The van der Waals surface area contributed by atoms with Crippen molar-refractivity contribution in [1.82, 2.24) is 10.2 Å². The molecule has 0 aromatic heterocycles. The van der Waals surface area contributed by atoms with Gasteiger partial charge in [-0.2, -0.15) is 0 Å². The molecule has 0 aromatic rings. The maximum absolute atomic E-state index is 8.96. The van der Waals surface area contributed by atoms with Crippen molar-refractivity contribution in [1.29, 1.82) is 0 Å². The first-order valence-corrected chi connectivity index (χ1v) is 6.64. The Labute approximate surface area is 100 Å². The van der Waals surface area contributed by atoms with Gasteiger partial charge in [-0.25, -0.2) is 0 Å². The first-order valence-electron chi connectivity index (χ1n) is 6.64. The normalized spacial score (nSPS) is 23.2. The molecule has 96 valence electrons. The molecule has 0 amide bonds. The van der Waals surface area contributed by atoms with Gasteiger partial charge in [0.2, 0.25) is 0 Å². The maximum Gasteiger partial charge on any atom is 0.0446 e. The van der Waals surface area contributed by atoms with Crippen LogP contribution in [0.1, 0.15) is 39.5 Å². The molecule has 16 heavy (non-hydrogen) atoms. The van der Waals surface area contributed by atoms with Crippen molar-refractivity contribution in [2.45, 2.75) is 45.6 Å². The maximum atomic E-state index is 8.96. The topological polar surface area (TPSA) is 35.5 Å². The number of likely N-dealkylation sites (N-methyl/N-ethyl adjacent to an activating group) is 1. The van der Waals surface area contributed by atoms with Gasteiger partial charge < -0.3 is 15.3 Å². The molecule has 0 bridgehead atoms. The predicted octanol–water partition coefficient (Wildman–Crippen LogP) is 1.47. The molecular formula is C13H28N2O. The Kier molecular flexibility index (Phi) is 5.73. The molecule has 1 atom stereocenters. The lowest BCUT2D eigenvalue weighted by Crippen LogP contribution is -2.45. The molecule has 1 aliphatic rings. The Hall–Kier alpha value is -0.120. The van der Waals surface area contributed by atoms with Crippen molar-refractivity contribution in [2.24, 2.45) is 5.41 Å². The number of rotatable bonds is 6. The lowest BCUT2D eigenvalue weighted by molar-refractivity contribution is 0.103. The van der Waals surface area contributed by atoms with Gasteiger partial charge >= 0.3 is 0 Å². The van der Waals surface area contributed by atoms with Gasteiger partial charge in [-0.15, -0.1) is 0 Å². The Morgan fingerprint density at radius 1 is 1.38 bits per heavy atom. The number of aliphatic hydroxyl groups is 1. The number of hydrogen-bond acceptors (Lipinski definition) is 3. The molecule has 1 unspecified atom stereocenters. The lowest BCUT2D eigenvalue weighted by atomic mass is 9.78. The smallest absolute Gasteiger partial charge is 0.0446 e. The van der Waals surface area contributed by atoms with Crippen LogP contribution in [0.2, 0.25) is 0 Å². The number of piperidine rings is 1. The molecule has 1 aliphatic heterocycles. The second kappa shape index (κ2) is 6.58. The Morgan fingerprint density at radius 2 is 2.00 bits per heavy atom. The van der Waals surface area contributed by atoms with E-state index in [4.69, 9.17) is 5.11 Å². The summed E-state index contributed by atoms with van der Waals surface area (Å²) in [6.45, 7) is 8.51. The molecule has 1 fully saturated rings. The third-order valence-electron chi connectivity index (χ3n) is 4.28. The van der Waals surface area contributed by atoms with Crippen molar-refractivity contribution in [2.75, 3.05) is 33.3 Å². The number of hydrogen-bond donors (Lipinski definition) is 2. The molecule has 0 spiro atoms. The van der Waals surface area contributed by atoms with Crippen molar-refractivity contribution in [3.63, 3.8) is 0 Å². The molecule has 0 radical (unpaired) electrons. The minimum atomic E-state index is 0.284. The second-order valence-corrected chi connectivity index (χ2v) is 5.46. The number of nitrogens with one attached hydrogen (secondary N) is 1. The molecule has 3 nitrogen and oxygen atoms in total. The SMILES string of the molecule is CCC1(C)CCN(CC(CCO)NC)CC1. The van der Waals surface area contributed by atoms with Crippen LogP contribution in [0.25, 0.3) is 0 Å². The van der Waals surface area contributed by atoms with E-state index < -0.39 is 0 Å². The average Bonchev–Trinajstić information content (AvgIpc) is 2.31. The zero-order valence-corrected chi connectivity index (χ0v) is 11.1. The molecular weight excluding hydrogens is 200 g/mol. The zero-order valence-electron chi connectivity index (χ0n) is 11.1. The van der Waals surface area contributed by atoms with E-state index in [1.54, 1.807) is 0 Å². The fourth-order valence-electron chi connectivity index (χ4n) is 2.42. The van der Waals surface area contributed by atoms with E-state index in [1.165, 1.54) is 32.4 Å². The summed E-state index contributed by atoms with van der Waals surface area (Å²) in [5.74, 6) is 0. The van der Waals surface area contributed by atoms with Gasteiger partial charge in [0, 0.05) is 19.2 Å². The van der Waals surface area contributed by atoms with Crippen LogP contribution in [0, 0.1) is 5.41 Å². The van der Waals surface area contributed by atoms with E-state index in [9.17, 15) is 0 Å². The fourth-order valence-corrected chi connectivity index (χ4v) is 2.42. The van der Waals surface area contributed by atoms with Crippen LogP contribution in [0.4, 0.5) is 0 Å². The Morgan fingerprint density at radius 3 is 2.44 bits per heavy atom.